The number of aryl methyl sites for hydroxylation is 1. The summed E-state index contributed by atoms with van der Waals surface area (Å²) in [4.78, 5) is 27.8. The van der Waals surface area contributed by atoms with Crippen LogP contribution in [0.15, 0.2) is 77.2 Å². The minimum atomic E-state index is -0.478. The normalized spacial score (nSPS) is 19.6. The maximum Gasteiger partial charge on any atom is 0.289 e. The number of furan rings is 1. The van der Waals surface area contributed by atoms with Gasteiger partial charge in [0.15, 0.2) is 0 Å². The quantitative estimate of drug-likeness (QED) is 0.226. The SMILES string of the molecule is Cc1oc2ccc(OCc3ccccc3)cc2c1CN1CCC[C@H]1COc1ccc(C2SC(=O)N(C)C2=O)cc1. The smallest absolute Gasteiger partial charge is 0.289 e. The first-order valence-electron chi connectivity index (χ1n) is 13.6. The average molecular weight is 557 g/mol. The number of rotatable bonds is 9. The number of benzene rings is 3. The van der Waals surface area contributed by atoms with E-state index in [1.54, 1.807) is 0 Å². The van der Waals surface area contributed by atoms with Crippen molar-refractivity contribution in [3.8, 4) is 11.5 Å². The lowest BCUT2D eigenvalue weighted by atomic mass is 10.1. The first-order chi connectivity index (χ1) is 19.5. The predicted molar refractivity (Wildman–Crippen MR) is 156 cm³/mol. The molecule has 8 heteroatoms. The van der Waals surface area contributed by atoms with E-state index >= 15 is 0 Å². The summed E-state index contributed by atoms with van der Waals surface area (Å²) in [5, 5.41) is 0.399. The Bertz CT molecular complexity index is 1520. The molecule has 2 aliphatic rings. The highest BCUT2D eigenvalue weighted by molar-refractivity contribution is 8.14. The highest BCUT2D eigenvalue weighted by Crippen LogP contribution is 2.39. The van der Waals surface area contributed by atoms with E-state index < -0.39 is 5.25 Å². The van der Waals surface area contributed by atoms with E-state index in [2.05, 4.69) is 23.1 Å². The van der Waals surface area contributed by atoms with Gasteiger partial charge in [-0.15, -0.1) is 0 Å². The van der Waals surface area contributed by atoms with Gasteiger partial charge >= 0.3 is 0 Å². The number of likely N-dealkylation sites (tertiary alicyclic amines) is 1. The molecule has 2 aliphatic heterocycles. The Morgan fingerprint density at radius 3 is 2.50 bits per heavy atom. The molecule has 0 bridgehead atoms. The van der Waals surface area contributed by atoms with Crippen molar-refractivity contribution in [3.63, 3.8) is 0 Å². The number of thioether (sulfide) groups is 1. The summed E-state index contributed by atoms with van der Waals surface area (Å²) < 4.78 is 18.4. The molecule has 0 aliphatic carbocycles. The maximum atomic E-state index is 12.3. The largest absolute Gasteiger partial charge is 0.492 e. The topological polar surface area (TPSA) is 72.2 Å². The van der Waals surface area contributed by atoms with E-state index in [1.165, 1.54) is 17.5 Å². The second-order valence-electron chi connectivity index (χ2n) is 10.4. The monoisotopic (exact) mass is 556 g/mol. The van der Waals surface area contributed by atoms with Crippen molar-refractivity contribution in [3.05, 3.63) is 95.2 Å². The van der Waals surface area contributed by atoms with Crippen LogP contribution in [0.2, 0.25) is 0 Å². The van der Waals surface area contributed by atoms with Gasteiger partial charge < -0.3 is 13.9 Å². The van der Waals surface area contributed by atoms with E-state index in [0.29, 0.717) is 19.3 Å². The molecular formula is C32H32N2O5S. The maximum absolute atomic E-state index is 12.3. The highest BCUT2D eigenvalue weighted by atomic mass is 32.2. The number of imide groups is 1. The molecule has 0 saturated carbocycles. The van der Waals surface area contributed by atoms with Gasteiger partial charge in [-0.25, -0.2) is 0 Å². The number of carbonyl (C=O) groups is 2. The lowest BCUT2D eigenvalue weighted by molar-refractivity contribution is -0.125. The van der Waals surface area contributed by atoms with Crippen molar-refractivity contribution < 1.29 is 23.5 Å². The Morgan fingerprint density at radius 2 is 1.75 bits per heavy atom. The van der Waals surface area contributed by atoms with Gasteiger partial charge in [0.1, 0.15) is 41.3 Å². The molecule has 1 unspecified atom stereocenters. The van der Waals surface area contributed by atoms with Gasteiger partial charge in [0.25, 0.3) is 5.24 Å². The Labute approximate surface area is 238 Å². The Kier molecular flexibility index (Phi) is 7.54. The minimum absolute atomic E-state index is 0.179. The summed E-state index contributed by atoms with van der Waals surface area (Å²) in [7, 11) is 1.52. The van der Waals surface area contributed by atoms with Gasteiger partial charge in [-0.05, 0) is 79.5 Å². The third-order valence-electron chi connectivity index (χ3n) is 7.75. The molecule has 3 aromatic carbocycles. The molecule has 7 nitrogen and oxygen atoms in total. The molecule has 0 N–H and O–H groups in total. The van der Waals surface area contributed by atoms with Gasteiger partial charge in [0.05, 0.1) is 0 Å². The highest BCUT2D eigenvalue weighted by Gasteiger charge is 2.38. The third-order valence-corrected chi connectivity index (χ3v) is 8.93. The van der Waals surface area contributed by atoms with E-state index in [0.717, 1.165) is 77.0 Å². The van der Waals surface area contributed by atoms with Gasteiger partial charge in [0.2, 0.25) is 5.91 Å². The molecule has 6 rings (SSSR count). The number of likely N-dealkylation sites (N-methyl/N-ethyl adjacent to an activating group) is 1. The summed E-state index contributed by atoms with van der Waals surface area (Å²) in [6.07, 6.45) is 2.19. The van der Waals surface area contributed by atoms with Crippen molar-refractivity contribution in [1.29, 1.82) is 0 Å². The lowest BCUT2D eigenvalue weighted by Crippen LogP contribution is -2.33. The van der Waals surface area contributed by atoms with Crippen LogP contribution in [-0.2, 0) is 17.9 Å². The fourth-order valence-corrected chi connectivity index (χ4v) is 6.41. The molecule has 1 aromatic heterocycles. The van der Waals surface area contributed by atoms with Crippen LogP contribution in [0.5, 0.6) is 11.5 Å². The van der Waals surface area contributed by atoms with Crippen molar-refractivity contribution in [2.45, 2.75) is 44.2 Å². The van der Waals surface area contributed by atoms with E-state index in [1.807, 2.05) is 61.5 Å². The Morgan fingerprint density at radius 1 is 0.975 bits per heavy atom. The van der Waals surface area contributed by atoms with Crippen LogP contribution in [0.3, 0.4) is 0 Å². The number of amides is 2. The van der Waals surface area contributed by atoms with Crippen molar-refractivity contribution in [1.82, 2.24) is 9.80 Å². The fourth-order valence-electron chi connectivity index (χ4n) is 5.41. The zero-order chi connectivity index (χ0) is 27.6. The van der Waals surface area contributed by atoms with Crippen molar-refractivity contribution in [2.75, 3.05) is 20.2 Å². The van der Waals surface area contributed by atoms with Gasteiger partial charge in [0, 0.05) is 30.6 Å². The molecule has 2 amide bonds. The van der Waals surface area contributed by atoms with Gasteiger partial charge in [-0.1, -0.05) is 42.5 Å². The molecule has 3 heterocycles. The van der Waals surface area contributed by atoms with E-state index in [4.69, 9.17) is 13.9 Å². The standard InChI is InChI=1S/C32H32N2O5S/c1-21-28(27-17-26(14-15-29(27)39-21)37-19-22-7-4-3-5-8-22)18-34-16-6-9-24(34)20-38-25-12-10-23(11-13-25)30-31(35)33(2)32(36)40-30/h3-5,7-8,10-15,17,24,30H,6,9,16,18-20H2,1-2H3/t24-,30?/m0/s1. The lowest BCUT2D eigenvalue weighted by Gasteiger charge is -2.24. The molecular weight excluding hydrogens is 524 g/mol. The zero-order valence-electron chi connectivity index (χ0n) is 22.7. The predicted octanol–water partition coefficient (Wildman–Crippen LogP) is 6.73. The van der Waals surface area contributed by atoms with Gasteiger partial charge in [-0.2, -0.15) is 0 Å². The molecule has 0 spiro atoms. The van der Waals surface area contributed by atoms with Gasteiger partial charge in [-0.3, -0.25) is 19.4 Å². The van der Waals surface area contributed by atoms with Crippen LogP contribution in [-0.4, -0.2) is 47.2 Å². The van der Waals surface area contributed by atoms with Crippen LogP contribution in [0.1, 0.15) is 40.5 Å². The first-order valence-corrected chi connectivity index (χ1v) is 14.5. The second kappa shape index (κ2) is 11.4. The average Bonchev–Trinajstić information content (AvgIpc) is 3.63. The summed E-state index contributed by atoms with van der Waals surface area (Å²) in [5.41, 5.74) is 4.01. The van der Waals surface area contributed by atoms with Crippen LogP contribution < -0.4 is 9.47 Å². The summed E-state index contributed by atoms with van der Waals surface area (Å²) in [5.74, 6) is 2.34. The number of hydrogen-bond donors (Lipinski definition) is 0. The second-order valence-corrected chi connectivity index (χ2v) is 11.4. The Balaban J connectivity index is 1.10. The molecule has 0 radical (unpaired) electrons. The number of fused-ring (bicyclic) bond motifs is 1. The Hall–Kier alpha value is -3.75. The number of ether oxygens (including phenoxy) is 2. The van der Waals surface area contributed by atoms with E-state index in [9.17, 15) is 9.59 Å². The summed E-state index contributed by atoms with van der Waals surface area (Å²) in [6.45, 7) is 4.93. The fraction of sp³-hybridized carbons (Fsp3) is 0.312. The number of nitrogens with zero attached hydrogens (tertiary/aromatic N) is 2. The van der Waals surface area contributed by atoms with Crippen LogP contribution in [0, 0.1) is 6.92 Å². The third kappa shape index (κ3) is 5.46. The van der Waals surface area contributed by atoms with Crippen LogP contribution in [0.25, 0.3) is 11.0 Å². The minimum Gasteiger partial charge on any atom is -0.492 e. The number of hydrogen-bond acceptors (Lipinski definition) is 7. The molecule has 206 valence electrons. The molecule has 40 heavy (non-hydrogen) atoms. The molecule has 2 atom stereocenters. The van der Waals surface area contributed by atoms with E-state index in [-0.39, 0.29) is 11.1 Å². The zero-order valence-corrected chi connectivity index (χ0v) is 23.5. The van der Waals surface area contributed by atoms with Crippen molar-refractivity contribution >= 4 is 33.9 Å². The molecule has 2 saturated heterocycles. The van der Waals surface area contributed by atoms with Crippen LogP contribution in [0.4, 0.5) is 4.79 Å². The van der Waals surface area contributed by atoms with Crippen molar-refractivity contribution in [2.24, 2.45) is 0 Å². The summed E-state index contributed by atoms with van der Waals surface area (Å²) >= 11 is 1.06. The van der Waals surface area contributed by atoms with Crippen LogP contribution >= 0.6 is 11.8 Å². The number of carbonyl (C=O) groups excluding carboxylic acids is 2. The molecule has 4 aromatic rings. The first kappa shape index (κ1) is 26.5. The summed E-state index contributed by atoms with van der Waals surface area (Å²) in [6, 6.07) is 24.0. The molecule has 2 fully saturated rings.